The fourth-order valence-corrected chi connectivity index (χ4v) is 2.40. The maximum atomic E-state index is 12.1. The number of ether oxygens (including phenoxy) is 2. The minimum absolute atomic E-state index is 0.0186. The summed E-state index contributed by atoms with van der Waals surface area (Å²) in [6.07, 6.45) is 2.09. The molecule has 1 aromatic carbocycles. The number of carbonyl (C=O) groups excluding carboxylic acids is 2. The van der Waals surface area contributed by atoms with E-state index in [4.69, 9.17) is 9.47 Å². The normalized spacial score (nSPS) is 17.1. The maximum Gasteiger partial charge on any atom is 0.240 e. The number of methoxy groups -OCH3 is 1. The third kappa shape index (κ3) is 4.46. The van der Waals surface area contributed by atoms with Crippen molar-refractivity contribution in [3.05, 3.63) is 24.3 Å². The van der Waals surface area contributed by atoms with E-state index in [9.17, 15) is 9.59 Å². The molecule has 0 saturated carbocycles. The van der Waals surface area contributed by atoms with Crippen molar-refractivity contribution >= 4 is 17.5 Å². The van der Waals surface area contributed by atoms with Crippen LogP contribution in [-0.2, 0) is 14.3 Å². The van der Waals surface area contributed by atoms with Gasteiger partial charge < -0.3 is 19.7 Å². The third-order valence-electron chi connectivity index (χ3n) is 3.60. The van der Waals surface area contributed by atoms with Crippen LogP contribution in [0.1, 0.15) is 19.8 Å². The van der Waals surface area contributed by atoms with Crippen LogP contribution in [0.3, 0.4) is 0 Å². The molecular weight excluding hydrogens is 284 g/mol. The first-order valence-electron chi connectivity index (χ1n) is 7.40. The minimum atomic E-state index is -0.200. The molecule has 0 bridgehead atoms. The first-order valence-corrected chi connectivity index (χ1v) is 7.40. The van der Waals surface area contributed by atoms with Crippen molar-refractivity contribution < 1.29 is 19.1 Å². The average Bonchev–Trinajstić information content (AvgIpc) is 3.03. The number of rotatable bonds is 6. The molecule has 6 nitrogen and oxygen atoms in total. The molecule has 0 aromatic heterocycles. The van der Waals surface area contributed by atoms with E-state index in [1.807, 2.05) is 0 Å². The summed E-state index contributed by atoms with van der Waals surface area (Å²) in [5.74, 6) is 0.248. The number of nitrogens with one attached hydrogen (secondary N) is 1. The Balaban J connectivity index is 1.95. The second-order valence-corrected chi connectivity index (χ2v) is 5.25. The number of carbonyl (C=O) groups is 2. The van der Waals surface area contributed by atoms with Gasteiger partial charge in [-0.1, -0.05) is 6.07 Å². The van der Waals surface area contributed by atoms with Crippen molar-refractivity contribution in [3.63, 3.8) is 0 Å². The summed E-state index contributed by atoms with van der Waals surface area (Å²) >= 11 is 0. The van der Waals surface area contributed by atoms with Crippen LogP contribution in [0.25, 0.3) is 0 Å². The van der Waals surface area contributed by atoms with E-state index < -0.39 is 0 Å². The van der Waals surface area contributed by atoms with E-state index >= 15 is 0 Å². The highest BCUT2D eigenvalue weighted by Crippen LogP contribution is 2.21. The van der Waals surface area contributed by atoms with E-state index in [0.717, 1.165) is 19.4 Å². The fraction of sp³-hybridized carbons (Fsp3) is 0.500. The van der Waals surface area contributed by atoms with Crippen LogP contribution in [0.5, 0.6) is 5.75 Å². The molecule has 1 aliphatic rings. The van der Waals surface area contributed by atoms with E-state index in [1.54, 1.807) is 31.4 Å². The zero-order valence-electron chi connectivity index (χ0n) is 13.0. The van der Waals surface area contributed by atoms with Crippen LogP contribution in [0.2, 0.25) is 0 Å². The monoisotopic (exact) mass is 306 g/mol. The van der Waals surface area contributed by atoms with Gasteiger partial charge in [0.25, 0.3) is 0 Å². The van der Waals surface area contributed by atoms with Crippen LogP contribution in [-0.4, -0.2) is 44.7 Å². The van der Waals surface area contributed by atoms with Crippen molar-refractivity contribution in [2.24, 2.45) is 0 Å². The van der Waals surface area contributed by atoms with Crippen LogP contribution >= 0.6 is 0 Å². The van der Waals surface area contributed by atoms with Crippen LogP contribution < -0.4 is 15.0 Å². The van der Waals surface area contributed by atoms with Gasteiger partial charge in [-0.2, -0.15) is 0 Å². The average molecular weight is 306 g/mol. The molecule has 1 aliphatic heterocycles. The Hall–Kier alpha value is -2.08. The summed E-state index contributed by atoms with van der Waals surface area (Å²) < 4.78 is 10.6. The smallest absolute Gasteiger partial charge is 0.240 e. The summed E-state index contributed by atoms with van der Waals surface area (Å²) in [5.41, 5.74) is 0.638. The molecule has 0 radical (unpaired) electrons. The molecular formula is C16H22N2O4. The summed E-state index contributed by atoms with van der Waals surface area (Å²) in [5, 5.41) is 2.82. The minimum Gasteiger partial charge on any atom is -0.497 e. The lowest BCUT2D eigenvalue weighted by Crippen LogP contribution is -2.42. The lowest BCUT2D eigenvalue weighted by Gasteiger charge is -2.21. The van der Waals surface area contributed by atoms with Gasteiger partial charge >= 0.3 is 0 Å². The van der Waals surface area contributed by atoms with Gasteiger partial charge in [0.2, 0.25) is 11.8 Å². The van der Waals surface area contributed by atoms with Gasteiger partial charge in [-0.25, -0.2) is 0 Å². The van der Waals surface area contributed by atoms with Gasteiger partial charge in [0.05, 0.1) is 13.2 Å². The standard InChI is InChI=1S/C16H22N2O4/c1-12(19)18(13-5-3-6-14(9-13)21-2)11-16(20)17-10-15-7-4-8-22-15/h3,5-6,9,15H,4,7-8,10-11H2,1-2H3,(H,17,20). The van der Waals surface area contributed by atoms with Crippen molar-refractivity contribution in [2.75, 3.05) is 31.7 Å². The summed E-state index contributed by atoms with van der Waals surface area (Å²) in [4.78, 5) is 25.3. The summed E-state index contributed by atoms with van der Waals surface area (Å²) in [6.45, 7) is 2.66. The lowest BCUT2D eigenvalue weighted by atomic mass is 10.2. The van der Waals surface area contributed by atoms with Gasteiger partial charge in [0.1, 0.15) is 12.3 Å². The Morgan fingerprint density at radius 1 is 1.45 bits per heavy atom. The molecule has 22 heavy (non-hydrogen) atoms. The maximum absolute atomic E-state index is 12.1. The van der Waals surface area contributed by atoms with Crippen LogP contribution in [0.15, 0.2) is 24.3 Å². The highest BCUT2D eigenvalue weighted by atomic mass is 16.5. The lowest BCUT2D eigenvalue weighted by molar-refractivity contribution is -0.123. The SMILES string of the molecule is COc1cccc(N(CC(=O)NCC2CCCO2)C(C)=O)c1. The summed E-state index contributed by atoms with van der Waals surface area (Å²) in [6, 6.07) is 7.08. The van der Waals surface area contributed by atoms with Gasteiger partial charge in [-0.3, -0.25) is 9.59 Å². The summed E-state index contributed by atoms with van der Waals surface area (Å²) in [7, 11) is 1.56. The van der Waals surface area contributed by atoms with E-state index in [-0.39, 0.29) is 24.5 Å². The molecule has 120 valence electrons. The van der Waals surface area contributed by atoms with E-state index in [2.05, 4.69) is 5.32 Å². The molecule has 2 rings (SSSR count). The zero-order valence-corrected chi connectivity index (χ0v) is 13.0. The largest absolute Gasteiger partial charge is 0.497 e. The van der Waals surface area contributed by atoms with Gasteiger partial charge in [-0.05, 0) is 25.0 Å². The number of amides is 2. The van der Waals surface area contributed by atoms with Crippen molar-refractivity contribution in [1.29, 1.82) is 0 Å². The van der Waals surface area contributed by atoms with Gasteiger partial charge in [0.15, 0.2) is 0 Å². The Morgan fingerprint density at radius 2 is 2.27 bits per heavy atom. The Labute approximate surface area is 130 Å². The molecule has 1 heterocycles. The number of benzene rings is 1. The third-order valence-corrected chi connectivity index (χ3v) is 3.60. The quantitative estimate of drug-likeness (QED) is 0.861. The highest BCUT2D eigenvalue weighted by Gasteiger charge is 2.19. The second kappa shape index (κ2) is 7.79. The van der Waals surface area contributed by atoms with Crippen molar-refractivity contribution in [1.82, 2.24) is 5.32 Å². The highest BCUT2D eigenvalue weighted by molar-refractivity contribution is 5.97. The van der Waals surface area contributed by atoms with E-state index in [1.165, 1.54) is 11.8 Å². The topological polar surface area (TPSA) is 67.9 Å². The molecule has 1 atom stereocenters. The van der Waals surface area contributed by atoms with E-state index in [0.29, 0.717) is 18.0 Å². The molecule has 1 N–H and O–H groups in total. The molecule has 1 fully saturated rings. The number of hydrogen-bond donors (Lipinski definition) is 1. The molecule has 0 aliphatic carbocycles. The zero-order chi connectivity index (χ0) is 15.9. The fourth-order valence-electron chi connectivity index (χ4n) is 2.40. The van der Waals surface area contributed by atoms with Crippen LogP contribution in [0.4, 0.5) is 5.69 Å². The Kier molecular flexibility index (Phi) is 5.77. The first kappa shape index (κ1) is 16.3. The Bertz CT molecular complexity index is 527. The predicted molar refractivity (Wildman–Crippen MR) is 83.0 cm³/mol. The van der Waals surface area contributed by atoms with Crippen molar-refractivity contribution in [3.8, 4) is 5.75 Å². The number of hydrogen-bond acceptors (Lipinski definition) is 4. The molecule has 2 amide bonds. The predicted octanol–water partition coefficient (Wildman–Crippen LogP) is 1.34. The number of anilines is 1. The number of nitrogens with zero attached hydrogens (tertiary/aromatic N) is 1. The van der Waals surface area contributed by atoms with Gasteiger partial charge in [0, 0.05) is 31.8 Å². The van der Waals surface area contributed by atoms with Crippen molar-refractivity contribution in [2.45, 2.75) is 25.9 Å². The second-order valence-electron chi connectivity index (χ2n) is 5.25. The molecule has 6 heteroatoms. The molecule has 1 aromatic rings. The molecule has 1 saturated heterocycles. The first-order chi connectivity index (χ1) is 10.6. The van der Waals surface area contributed by atoms with Gasteiger partial charge in [-0.15, -0.1) is 0 Å². The van der Waals surface area contributed by atoms with Crippen LogP contribution in [0, 0.1) is 0 Å². The molecule has 0 spiro atoms. The molecule has 1 unspecified atom stereocenters. The Morgan fingerprint density at radius 3 is 2.91 bits per heavy atom.